The Bertz CT molecular complexity index is 485. The molecule has 0 aromatic carbocycles. The predicted molar refractivity (Wildman–Crippen MR) is 59.1 cm³/mol. The van der Waals surface area contributed by atoms with Crippen LogP contribution in [0.3, 0.4) is 0 Å². The lowest BCUT2D eigenvalue weighted by molar-refractivity contribution is 0.111. The van der Waals surface area contributed by atoms with Crippen molar-refractivity contribution in [1.82, 2.24) is 9.38 Å². The average Bonchev–Trinajstić information content (AvgIpc) is 2.61. The number of nitrogens with zero attached hydrogens (tertiary/aromatic N) is 2. The molecule has 3 heteroatoms. The Balaban J connectivity index is 2.61. The summed E-state index contributed by atoms with van der Waals surface area (Å²) < 4.78 is 1.92. The summed E-state index contributed by atoms with van der Waals surface area (Å²) in [6.45, 7) is 4.33. The first kappa shape index (κ1) is 9.90. The average molecular weight is 202 g/mol. The molecular weight excluding hydrogens is 188 g/mol. The lowest BCUT2D eigenvalue weighted by Crippen LogP contribution is -2.03. The number of aromatic nitrogens is 2. The van der Waals surface area contributed by atoms with Crippen molar-refractivity contribution in [3.63, 3.8) is 0 Å². The number of rotatable bonds is 3. The molecule has 0 saturated heterocycles. The maximum Gasteiger partial charge on any atom is 0.168 e. The molecule has 0 fully saturated rings. The van der Waals surface area contributed by atoms with Crippen molar-refractivity contribution in [2.75, 3.05) is 0 Å². The van der Waals surface area contributed by atoms with E-state index < -0.39 is 0 Å². The number of pyridine rings is 1. The second kappa shape index (κ2) is 3.85. The Morgan fingerprint density at radius 3 is 2.93 bits per heavy atom. The van der Waals surface area contributed by atoms with E-state index in [4.69, 9.17) is 0 Å². The highest BCUT2D eigenvalue weighted by Crippen LogP contribution is 2.13. The van der Waals surface area contributed by atoms with Gasteiger partial charge in [0.1, 0.15) is 11.3 Å². The van der Waals surface area contributed by atoms with Gasteiger partial charge in [0, 0.05) is 5.69 Å². The van der Waals surface area contributed by atoms with Crippen molar-refractivity contribution in [1.29, 1.82) is 0 Å². The highest BCUT2D eigenvalue weighted by atomic mass is 16.1. The van der Waals surface area contributed by atoms with Gasteiger partial charge in [0.15, 0.2) is 6.29 Å². The Morgan fingerprint density at radius 1 is 1.47 bits per heavy atom. The zero-order valence-corrected chi connectivity index (χ0v) is 8.97. The summed E-state index contributed by atoms with van der Waals surface area (Å²) in [5, 5.41) is 0. The molecule has 0 N–H and O–H groups in total. The van der Waals surface area contributed by atoms with Crippen LogP contribution in [0.15, 0.2) is 24.4 Å². The first-order valence-electron chi connectivity index (χ1n) is 5.13. The number of fused-ring (bicyclic) bond motifs is 1. The maximum atomic E-state index is 10.9. The number of carbonyl (C=O) groups excluding carboxylic acids is 1. The van der Waals surface area contributed by atoms with Crippen LogP contribution in [0, 0.1) is 5.92 Å². The van der Waals surface area contributed by atoms with Gasteiger partial charge in [-0.2, -0.15) is 0 Å². The van der Waals surface area contributed by atoms with Gasteiger partial charge in [-0.1, -0.05) is 19.9 Å². The Labute approximate surface area is 88.8 Å². The van der Waals surface area contributed by atoms with E-state index in [-0.39, 0.29) is 0 Å². The van der Waals surface area contributed by atoms with E-state index >= 15 is 0 Å². The van der Waals surface area contributed by atoms with Crippen molar-refractivity contribution in [3.8, 4) is 0 Å². The largest absolute Gasteiger partial charge is 0.296 e. The van der Waals surface area contributed by atoms with E-state index in [1.54, 1.807) is 6.20 Å². The first-order valence-corrected chi connectivity index (χ1v) is 5.13. The number of imidazole rings is 1. The molecule has 0 unspecified atom stereocenters. The summed E-state index contributed by atoms with van der Waals surface area (Å²) in [4.78, 5) is 15.0. The molecule has 3 nitrogen and oxygen atoms in total. The molecule has 0 bridgehead atoms. The topological polar surface area (TPSA) is 34.4 Å². The van der Waals surface area contributed by atoms with Crippen LogP contribution >= 0.6 is 0 Å². The van der Waals surface area contributed by atoms with E-state index in [1.807, 2.05) is 22.6 Å². The molecule has 0 radical (unpaired) electrons. The standard InChI is InChI=1S/C12H14N2O/c1-9(2)6-10-4-3-5-12-13-7-11(8-15)14(10)12/h3-5,7-9H,6H2,1-2H3. The zero-order chi connectivity index (χ0) is 10.8. The van der Waals surface area contributed by atoms with Crippen LogP contribution in [-0.4, -0.2) is 15.7 Å². The summed E-state index contributed by atoms with van der Waals surface area (Å²) in [5.74, 6) is 0.567. The predicted octanol–water partition coefficient (Wildman–Crippen LogP) is 2.35. The summed E-state index contributed by atoms with van der Waals surface area (Å²) in [6.07, 6.45) is 3.42. The van der Waals surface area contributed by atoms with Crippen LogP contribution in [0.5, 0.6) is 0 Å². The summed E-state index contributed by atoms with van der Waals surface area (Å²) in [5.41, 5.74) is 2.61. The fourth-order valence-electron chi connectivity index (χ4n) is 1.79. The second-order valence-corrected chi connectivity index (χ2v) is 4.11. The van der Waals surface area contributed by atoms with Crippen molar-refractivity contribution in [2.45, 2.75) is 20.3 Å². The summed E-state index contributed by atoms with van der Waals surface area (Å²) in [6, 6.07) is 5.94. The van der Waals surface area contributed by atoms with E-state index in [9.17, 15) is 4.79 Å². The van der Waals surface area contributed by atoms with Crippen LogP contribution in [0.25, 0.3) is 5.65 Å². The van der Waals surface area contributed by atoms with Crippen LogP contribution in [0.1, 0.15) is 30.0 Å². The number of hydrogen-bond donors (Lipinski definition) is 0. The molecule has 15 heavy (non-hydrogen) atoms. The monoisotopic (exact) mass is 202 g/mol. The smallest absolute Gasteiger partial charge is 0.168 e. The molecule has 0 saturated carbocycles. The van der Waals surface area contributed by atoms with Crippen LogP contribution in [-0.2, 0) is 6.42 Å². The molecule has 2 rings (SSSR count). The lowest BCUT2D eigenvalue weighted by Gasteiger charge is -2.08. The first-order chi connectivity index (χ1) is 7.22. The third-order valence-corrected chi connectivity index (χ3v) is 2.38. The van der Waals surface area contributed by atoms with Crippen molar-refractivity contribution in [2.24, 2.45) is 5.92 Å². The van der Waals surface area contributed by atoms with Crippen molar-refractivity contribution < 1.29 is 4.79 Å². The molecule has 0 atom stereocenters. The fourth-order valence-corrected chi connectivity index (χ4v) is 1.79. The molecular formula is C12H14N2O. The normalized spacial score (nSPS) is 11.1. The third-order valence-electron chi connectivity index (χ3n) is 2.38. The molecule has 0 spiro atoms. The Hall–Kier alpha value is -1.64. The molecule has 0 aliphatic rings. The molecule has 2 aromatic rings. The molecule has 0 aliphatic carbocycles. The highest BCUT2D eigenvalue weighted by molar-refractivity contribution is 5.74. The zero-order valence-electron chi connectivity index (χ0n) is 8.97. The van der Waals surface area contributed by atoms with Crippen LogP contribution in [0.2, 0.25) is 0 Å². The minimum Gasteiger partial charge on any atom is -0.296 e. The van der Waals surface area contributed by atoms with Crippen LogP contribution < -0.4 is 0 Å². The van der Waals surface area contributed by atoms with Gasteiger partial charge in [0.2, 0.25) is 0 Å². The van der Waals surface area contributed by atoms with Gasteiger partial charge in [0.25, 0.3) is 0 Å². The summed E-state index contributed by atoms with van der Waals surface area (Å²) >= 11 is 0. The molecule has 2 aromatic heterocycles. The minimum atomic E-state index is 0.567. The Morgan fingerprint density at radius 2 is 2.27 bits per heavy atom. The maximum absolute atomic E-state index is 10.9. The van der Waals surface area contributed by atoms with Gasteiger partial charge in [-0.25, -0.2) is 4.98 Å². The number of carbonyl (C=O) groups is 1. The number of aldehydes is 1. The molecule has 78 valence electrons. The number of hydrogen-bond acceptors (Lipinski definition) is 2. The van der Waals surface area contributed by atoms with E-state index in [0.29, 0.717) is 11.6 Å². The van der Waals surface area contributed by atoms with Gasteiger partial charge in [-0.05, 0) is 24.5 Å². The van der Waals surface area contributed by atoms with Crippen molar-refractivity contribution in [3.05, 3.63) is 35.8 Å². The lowest BCUT2D eigenvalue weighted by atomic mass is 10.1. The van der Waals surface area contributed by atoms with Gasteiger partial charge in [-0.15, -0.1) is 0 Å². The molecule has 0 amide bonds. The van der Waals surface area contributed by atoms with E-state index in [1.165, 1.54) is 0 Å². The van der Waals surface area contributed by atoms with Gasteiger partial charge in [0.05, 0.1) is 6.20 Å². The van der Waals surface area contributed by atoms with Gasteiger partial charge >= 0.3 is 0 Å². The second-order valence-electron chi connectivity index (χ2n) is 4.11. The van der Waals surface area contributed by atoms with Crippen molar-refractivity contribution >= 4 is 11.9 Å². The SMILES string of the molecule is CC(C)Cc1cccc2ncc(C=O)n12. The third kappa shape index (κ3) is 1.77. The highest BCUT2D eigenvalue weighted by Gasteiger charge is 2.07. The molecule has 2 heterocycles. The quantitative estimate of drug-likeness (QED) is 0.716. The van der Waals surface area contributed by atoms with Gasteiger partial charge in [-0.3, -0.25) is 9.20 Å². The van der Waals surface area contributed by atoms with Crippen LogP contribution in [0.4, 0.5) is 0 Å². The van der Waals surface area contributed by atoms with Gasteiger partial charge < -0.3 is 0 Å². The molecule has 0 aliphatic heterocycles. The Kier molecular flexibility index (Phi) is 2.54. The van der Waals surface area contributed by atoms with E-state index in [0.717, 1.165) is 24.0 Å². The minimum absolute atomic E-state index is 0.567. The fraction of sp³-hybridized carbons (Fsp3) is 0.333. The summed E-state index contributed by atoms with van der Waals surface area (Å²) in [7, 11) is 0. The van der Waals surface area contributed by atoms with E-state index in [2.05, 4.69) is 18.8 Å².